The lowest BCUT2D eigenvalue weighted by atomic mass is 10.1. The zero-order valence-corrected chi connectivity index (χ0v) is 9.28. The van der Waals surface area contributed by atoms with E-state index in [4.69, 9.17) is 9.84 Å². The fraction of sp³-hybridized carbons (Fsp3) is 0.222. The van der Waals surface area contributed by atoms with Crippen LogP contribution in [0.3, 0.4) is 0 Å². The third kappa shape index (κ3) is 2.45. The zero-order chi connectivity index (χ0) is 11.6. The van der Waals surface area contributed by atoms with E-state index in [9.17, 15) is 14.3 Å². The van der Waals surface area contributed by atoms with Crippen molar-refractivity contribution >= 4 is 21.9 Å². The Morgan fingerprint density at radius 2 is 2.20 bits per heavy atom. The Balaban J connectivity index is 3.27. The second kappa shape index (κ2) is 4.59. The maximum absolute atomic E-state index is 13.1. The van der Waals surface area contributed by atoms with E-state index in [1.807, 2.05) is 0 Å². The Bertz CT molecular complexity index is 394. The van der Waals surface area contributed by atoms with Gasteiger partial charge in [-0.25, -0.2) is 9.18 Å². The normalized spacial score (nSPS) is 12.3. The van der Waals surface area contributed by atoms with Crippen LogP contribution in [0.25, 0.3) is 0 Å². The summed E-state index contributed by atoms with van der Waals surface area (Å²) in [5.74, 6) is -2.02. The Labute approximate surface area is 93.4 Å². The van der Waals surface area contributed by atoms with E-state index in [1.54, 1.807) is 0 Å². The van der Waals surface area contributed by atoms with Crippen LogP contribution in [0.15, 0.2) is 16.6 Å². The molecule has 0 aliphatic rings. The molecule has 0 fully saturated rings. The van der Waals surface area contributed by atoms with Crippen molar-refractivity contribution in [2.75, 3.05) is 7.11 Å². The Morgan fingerprint density at radius 1 is 1.60 bits per heavy atom. The van der Waals surface area contributed by atoms with Crippen LogP contribution >= 0.6 is 15.9 Å². The molecule has 15 heavy (non-hydrogen) atoms. The first-order valence-electron chi connectivity index (χ1n) is 3.91. The molecule has 4 nitrogen and oxygen atoms in total. The molecule has 2 N–H and O–H groups in total. The number of carbonyl (C=O) groups is 1. The molecule has 0 amide bonds. The topological polar surface area (TPSA) is 66.8 Å². The number of rotatable bonds is 3. The molecule has 1 unspecified atom stereocenters. The van der Waals surface area contributed by atoms with Crippen LogP contribution in [0.5, 0.6) is 5.75 Å². The number of ether oxygens (including phenoxy) is 1. The van der Waals surface area contributed by atoms with Crippen molar-refractivity contribution in [3.05, 3.63) is 28.0 Å². The summed E-state index contributed by atoms with van der Waals surface area (Å²) in [6, 6.07) is 2.18. The first kappa shape index (κ1) is 11.9. The number of methoxy groups -OCH3 is 1. The summed E-state index contributed by atoms with van der Waals surface area (Å²) >= 11 is 2.89. The number of carboxylic acid groups (broad SMARTS) is 1. The number of halogens is 2. The van der Waals surface area contributed by atoms with Gasteiger partial charge in [-0.3, -0.25) is 0 Å². The molecule has 1 rings (SSSR count). The van der Waals surface area contributed by atoms with Crippen molar-refractivity contribution in [2.24, 2.45) is 0 Å². The second-order valence-electron chi connectivity index (χ2n) is 2.75. The van der Waals surface area contributed by atoms with Crippen molar-refractivity contribution in [2.45, 2.75) is 6.10 Å². The van der Waals surface area contributed by atoms with E-state index in [0.717, 1.165) is 6.07 Å². The number of hydrogen-bond acceptors (Lipinski definition) is 3. The number of aliphatic carboxylic acids is 1. The lowest BCUT2D eigenvalue weighted by Gasteiger charge is -2.12. The minimum Gasteiger partial charge on any atom is -0.496 e. The maximum atomic E-state index is 13.1. The summed E-state index contributed by atoms with van der Waals surface area (Å²) in [7, 11) is 1.26. The standard InChI is InChI=1S/C9H8BrFO4/c1-15-7-3-6(11)5(10)2-4(7)8(12)9(13)14/h2-3,8,12H,1H3,(H,13,14). The van der Waals surface area contributed by atoms with E-state index in [0.29, 0.717) is 0 Å². The minimum absolute atomic E-state index is 0.00160. The second-order valence-corrected chi connectivity index (χ2v) is 3.60. The molecular formula is C9H8BrFO4. The van der Waals surface area contributed by atoms with Crippen molar-refractivity contribution in [3.8, 4) is 5.75 Å². The molecule has 0 aromatic heterocycles. The highest BCUT2D eigenvalue weighted by molar-refractivity contribution is 9.10. The Kier molecular flexibility index (Phi) is 3.65. The number of hydrogen-bond donors (Lipinski definition) is 2. The van der Waals surface area contributed by atoms with Gasteiger partial charge in [-0.15, -0.1) is 0 Å². The van der Waals surface area contributed by atoms with Crippen molar-refractivity contribution in [1.29, 1.82) is 0 Å². The van der Waals surface area contributed by atoms with E-state index in [1.165, 1.54) is 13.2 Å². The summed E-state index contributed by atoms with van der Waals surface area (Å²) in [6.07, 6.45) is -1.74. The van der Waals surface area contributed by atoms with Gasteiger partial charge < -0.3 is 14.9 Å². The van der Waals surface area contributed by atoms with Gasteiger partial charge in [0.25, 0.3) is 0 Å². The summed E-state index contributed by atoms with van der Waals surface area (Å²) in [5, 5.41) is 17.9. The first-order chi connectivity index (χ1) is 6.97. The molecule has 0 saturated heterocycles. The molecule has 0 aliphatic heterocycles. The SMILES string of the molecule is COc1cc(F)c(Br)cc1C(O)C(=O)O. The number of aliphatic hydroxyl groups excluding tert-OH is 1. The van der Waals surface area contributed by atoms with E-state index < -0.39 is 17.9 Å². The molecule has 6 heteroatoms. The van der Waals surface area contributed by atoms with Gasteiger partial charge >= 0.3 is 5.97 Å². The predicted molar refractivity (Wildman–Crippen MR) is 53.2 cm³/mol. The number of benzene rings is 1. The molecule has 1 aromatic rings. The monoisotopic (exact) mass is 278 g/mol. The van der Waals surface area contributed by atoms with Crippen molar-refractivity contribution in [3.63, 3.8) is 0 Å². The van der Waals surface area contributed by atoms with Gasteiger partial charge in [-0.2, -0.15) is 0 Å². The van der Waals surface area contributed by atoms with E-state index in [2.05, 4.69) is 15.9 Å². The van der Waals surface area contributed by atoms with Gasteiger partial charge in [0.05, 0.1) is 11.6 Å². The third-order valence-electron chi connectivity index (χ3n) is 1.80. The molecule has 0 radical (unpaired) electrons. The van der Waals surface area contributed by atoms with Crippen LogP contribution in [0, 0.1) is 5.82 Å². The van der Waals surface area contributed by atoms with E-state index >= 15 is 0 Å². The number of carboxylic acids is 1. The molecule has 1 atom stereocenters. The minimum atomic E-state index is -1.74. The van der Waals surface area contributed by atoms with Crippen LogP contribution in [0.1, 0.15) is 11.7 Å². The quantitative estimate of drug-likeness (QED) is 0.884. The summed E-state index contributed by atoms with van der Waals surface area (Å²) in [4.78, 5) is 10.5. The number of aliphatic hydroxyl groups is 1. The Hall–Kier alpha value is -1.14. The van der Waals surface area contributed by atoms with E-state index in [-0.39, 0.29) is 15.8 Å². The molecule has 82 valence electrons. The smallest absolute Gasteiger partial charge is 0.337 e. The maximum Gasteiger partial charge on any atom is 0.337 e. The zero-order valence-electron chi connectivity index (χ0n) is 7.70. The van der Waals surface area contributed by atoms with Gasteiger partial charge in [-0.05, 0) is 22.0 Å². The highest BCUT2D eigenvalue weighted by Gasteiger charge is 2.22. The van der Waals surface area contributed by atoms with Gasteiger partial charge in [0.15, 0.2) is 6.10 Å². The molecule has 0 heterocycles. The molecule has 0 bridgehead atoms. The third-order valence-corrected chi connectivity index (χ3v) is 2.41. The molecule has 1 aromatic carbocycles. The summed E-state index contributed by atoms with van der Waals surface area (Å²) in [5.41, 5.74) is -0.00160. The molecule has 0 saturated carbocycles. The predicted octanol–water partition coefficient (Wildman–Crippen LogP) is 1.71. The van der Waals surface area contributed by atoms with Crippen LogP contribution in [-0.4, -0.2) is 23.3 Å². The largest absolute Gasteiger partial charge is 0.496 e. The average molecular weight is 279 g/mol. The lowest BCUT2D eigenvalue weighted by Crippen LogP contribution is -2.12. The fourth-order valence-electron chi connectivity index (χ4n) is 1.07. The van der Waals surface area contributed by atoms with Crippen molar-refractivity contribution in [1.82, 2.24) is 0 Å². The summed E-state index contributed by atoms with van der Waals surface area (Å²) in [6.45, 7) is 0. The molecular weight excluding hydrogens is 271 g/mol. The molecule has 0 aliphatic carbocycles. The van der Waals surface area contributed by atoms with Gasteiger partial charge in [0.2, 0.25) is 0 Å². The van der Waals surface area contributed by atoms with Crippen LogP contribution in [0.4, 0.5) is 4.39 Å². The van der Waals surface area contributed by atoms with Crippen molar-refractivity contribution < 1.29 is 24.1 Å². The lowest BCUT2D eigenvalue weighted by molar-refractivity contribution is -0.147. The first-order valence-corrected chi connectivity index (χ1v) is 4.70. The van der Waals surface area contributed by atoms with Gasteiger partial charge in [0.1, 0.15) is 11.6 Å². The highest BCUT2D eigenvalue weighted by atomic mass is 79.9. The van der Waals surface area contributed by atoms with Gasteiger partial charge in [0, 0.05) is 11.6 Å². The van der Waals surface area contributed by atoms with Crippen LogP contribution in [-0.2, 0) is 4.79 Å². The molecule has 0 spiro atoms. The highest BCUT2D eigenvalue weighted by Crippen LogP contribution is 2.30. The fourth-order valence-corrected chi connectivity index (χ4v) is 1.43. The Morgan fingerprint density at radius 3 is 2.67 bits per heavy atom. The van der Waals surface area contributed by atoms with Gasteiger partial charge in [-0.1, -0.05) is 0 Å². The summed E-state index contributed by atoms with van der Waals surface area (Å²) < 4.78 is 17.9. The van der Waals surface area contributed by atoms with Crippen LogP contribution < -0.4 is 4.74 Å². The average Bonchev–Trinajstić information content (AvgIpc) is 2.20. The van der Waals surface area contributed by atoms with Crippen LogP contribution in [0.2, 0.25) is 0 Å².